The Morgan fingerprint density at radius 3 is 1.95 bits per heavy atom. The van der Waals surface area contributed by atoms with Crippen LogP contribution in [0.1, 0.15) is 67.9 Å². The van der Waals surface area contributed by atoms with Crippen LogP contribution in [0.2, 0.25) is 16.6 Å². The number of thioether (sulfide) groups is 1. The summed E-state index contributed by atoms with van der Waals surface area (Å²) in [4.78, 5) is 38.3. The van der Waals surface area contributed by atoms with Crippen LogP contribution in [0.15, 0.2) is 30.3 Å². The molecule has 2 amide bonds. The Kier molecular flexibility index (Phi) is 13.5. The summed E-state index contributed by atoms with van der Waals surface area (Å²) >= 11 is 1.31. The Morgan fingerprint density at radius 1 is 0.921 bits per heavy atom. The second kappa shape index (κ2) is 15.2. The summed E-state index contributed by atoms with van der Waals surface area (Å²) in [6.07, 6.45) is -0.473. The van der Waals surface area contributed by atoms with Crippen molar-refractivity contribution < 1.29 is 23.9 Å². The van der Waals surface area contributed by atoms with E-state index in [9.17, 15) is 14.4 Å². The molecule has 0 fully saturated rings. The Labute approximate surface area is 234 Å². The van der Waals surface area contributed by atoms with Crippen molar-refractivity contribution in [2.45, 2.75) is 103 Å². The highest BCUT2D eigenvalue weighted by molar-refractivity contribution is 8.04. The first-order chi connectivity index (χ1) is 17.6. The molecule has 0 aliphatic rings. The average molecular weight is 563 g/mol. The van der Waals surface area contributed by atoms with Crippen molar-refractivity contribution >= 4 is 37.8 Å². The Morgan fingerprint density at radius 2 is 1.47 bits per heavy atom. The van der Waals surface area contributed by atoms with E-state index in [-0.39, 0.29) is 12.2 Å². The van der Waals surface area contributed by atoms with E-state index in [4.69, 9.17) is 9.47 Å². The molecule has 0 aliphatic carbocycles. The Balaban J connectivity index is 3.09. The predicted molar refractivity (Wildman–Crippen MR) is 159 cm³/mol. The number of hydrogen-bond donors (Lipinski definition) is 2. The zero-order valence-electron chi connectivity index (χ0n) is 24.6. The molecule has 0 aliphatic heterocycles. The van der Waals surface area contributed by atoms with Gasteiger partial charge in [0.25, 0.3) is 0 Å². The third kappa shape index (κ3) is 10.4. The molecule has 0 heterocycles. The van der Waals surface area contributed by atoms with Gasteiger partial charge in [0.05, 0.1) is 7.11 Å². The zero-order valence-corrected chi connectivity index (χ0v) is 26.5. The van der Waals surface area contributed by atoms with Gasteiger partial charge in [0, 0.05) is 12.2 Å². The standard InChI is InChI=1S/C29H46N2O5SSi/c1-20(2)38(21(3)4,22(5)6)17-16-37-19-25(27(33)35-10)30-26(32)24(18-23-14-12-11-13-15-23)31-28(34)36-29(7,8)9/h11-15,20-22,24-25H,18-19H2,1-10H3,(H,30,32)(H,31,34). The largest absolute Gasteiger partial charge is 0.467 e. The molecule has 212 valence electrons. The van der Waals surface area contributed by atoms with Crippen molar-refractivity contribution in [3.8, 4) is 10.8 Å². The Hall–Kier alpha value is -2.44. The van der Waals surface area contributed by atoms with Crippen LogP contribution in [0.4, 0.5) is 4.79 Å². The monoisotopic (exact) mass is 562 g/mol. The summed E-state index contributed by atoms with van der Waals surface area (Å²) < 4.78 is 10.3. The van der Waals surface area contributed by atoms with E-state index in [1.807, 2.05) is 30.3 Å². The minimum atomic E-state index is -1.91. The van der Waals surface area contributed by atoms with Crippen molar-refractivity contribution in [3.63, 3.8) is 0 Å². The van der Waals surface area contributed by atoms with E-state index >= 15 is 0 Å². The van der Waals surface area contributed by atoms with Gasteiger partial charge in [0.1, 0.15) is 25.8 Å². The summed E-state index contributed by atoms with van der Waals surface area (Å²) in [6, 6.07) is 7.47. The van der Waals surface area contributed by atoms with Crippen LogP contribution < -0.4 is 10.6 Å². The molecule has 1 rings (SSSR count). The van der Waals surface area contributed by atoms with Gasteiger partial charge in [-0.25, -0.2) is 9.59 Å². The highest BCUT2D eigenvalue weighted by Crippen LogP contribution is 2.40. The first kappa shape index (κ1) is 33.6. The van der Waals surface area contributed by atoms with Crippen molar-refractivity contribution in [3.05, 3.63) is 35.9 Å². The third-order valence-corrected chi connectivity index (χ3v) is 13.8. The molecule has 0 saturated carbocycles. The van der Waals surface area contributed by atoms with Crippen molar-refractivity contribution in [1.82, 2.24) is 10.6 Å². The summed E-state index contributed by atoms with van der Waals surface area (Å²) in [6.45, 7) is 18.7. The number of amides is 2. The molecular weight excluding hydrogens is 516 g/mol. The molecule has 1 aromatic carbocycles. The molecule has 0 radical (unpaired) electrons. The average Bonchev–Trinajstić information content (AvgIpc) is 2.80. The first-order valence-electron chi connectivity index (χ1n) is 13.2. The minimum Gasteiger partial charge on any atom is -0.467 e. The quantitative estimate of drug-likeness (QED) is 0.204. The summed E-state index contributed by atoms with van der Waals surface area (Å²) in [5.41, 5.74) is 5.22. The lowest BCUT2D eigenvalue weighted by molar-refractivity contribution is -0.144. The third-order valence-electron chi connectivity index (χ3n) is 6.55. The number of carbonyl (C=O) groups excluding carboxylic acids is 3. The predicted octanol–water partition coefficient (Wildman–Crippen LogP) is 5.69. The van der Waals surface area contributed by atoms with Gasteiger partial charge < -0.3 is 20.1 Å². The fourth-order valence-electron chi connectivity index (χ4n) is 4.77. The fourth-order valence-corrected chi connectivity index (χ4v) is 11.1. The van der Waals surface area contributed by atoms with Gasteiger partial charge in [-0.3, -0.25) is 4.79 Å². The number of ether oxygens (including phenoxy) is 2. The van der Waals surface area contributed by atoms with E-state index in [1.54, 1.807) is 20.8 Å². The highest BCUT2D eigenvalue weighted by Gasteiger charge is 2.41. The molecule has 2 unspecified atom stereocenters. The maximum absolute atomic E-state index is 13.3. The molecule has 0 spiro atoms. The van der Waals surface area contributed by atoms with Crippen LogP contribution in [0.25, 0.3) is 0 Å². The number of benzene rings is 1. The number of nitrogens with one attached hydrogen (secondary N) is 2. The number of rotatable bonds is 11. The second-order valence-corrected chi connectivity index (χ2v) is 17.8. The maximum atomic E-state index is 13.3. The first-order valence-corrected chi connectivity index (χ1v) is 16.4. The van der Waals surface area contributed by atoms with E-state index in [0.29, 0.717) is 16.6 Å². The van der Waals surface area contributed by atoms with E-state index in [2.05, 4.69) is 63.0 Å². The minimum absolute atomic E-state index is 0.231. The summed E-state index contributed by atoms with van der Waals surface area (Å²) in [7, 11) is -0.629. The van der Waals surface area contributed by atoms with Crippen LogP contribution in [-0.2, 0) is 25.5 Å². The zero-order chi connectivity index (χ0) is 29.1. The molecule has 7 nitrogen and oxygen atoms in total. The Bertz CT molecular complexity index is 958. The number of hydrogen-bond acceptors (Lipinski definition) is 6. The number of carbonyl (C=O) groups is 3. The topological polar surface area (TPSA) is 93.7 Å². The molecule has 0 bridgehead atoms. The van der Waals surface area contributed by atoms with Gasteiger partial charge in [-0.2, -0.15) is 0 Å². The van der Waals surface area contributed by atoms with Crippen molar-refractivity contribution in [1.29, 1.82) is 0 Å². The van der Waals surface area contributed by atoms with Crippen LogP contribution in [-0.4, -0.2) is 56.6 Å². The van der Waals surface area contributed by atoms with E-state index in [0.717, 1.165) is 5.56 Å². The summed E-state index contributed by atoms with van der Waals surface area (Å²) in [5.74, 6) is -0.836. The molecule has 2 atom stereocenters. The normalized spacial score (nSPS) is 13.4. The molecule has 1 aromatic rings. The lowest BCUT2D eigenvalue weighted by Gasteiger charge is -2.37. The lowest BCUT2D eigenvalue weighted by Crippen LogP contribution is -2.54. The van der Waals surface area contributed by atoms with Crippen molar-refractivity contribution in [2.24, 2.45) is 0 Å². The van der Waals surface area contributed by atoms with E-state index in [1.165, 1.54) is 18.9 Å². The lowest BCUT2D eigenvalue weighted by atomic mass is 10.1. The van der Waals surface area contributed by atoms with Crippen LogP contribution >= 0.6 is 11.8 Å². The molecule has 9 heteroatoms. The van der Waals surface area contributed by atoms with Gasteiger partial charge in [0.15, 0.2) is 0 Å². The fraction of sp³-hybridized carbons (Fsp3) is 0.621. The van der Waals surface area contributed by atoms with Crippen LogP contribution in [0.3, 0.4) is 0 Å². The number of alkyl carbamates (subject to hydrolysis) is 1. The molecular formula is C29H46N2O5SSi. The number of esters is 1. The molecule has 2 N–H and O–H groups in total. The van der Waals surface area contributed by atoms with Crippen LogP contribution in [0, 0.1) is 10.8 Å². The number of methoxy groups -OCH3 is 1. The van der Waals surface area contributed by atoms with Gasteiger partial charge in [-0.05, 0) is 48.2 Å². The molecule has 38 heavy (non-hydrogen) atoms. The highest BCUT2D eigenvalue weighted by atomic mass is 32.2. The molecule has 0 saturated heterocycles. The van der Waals surface area contributed by atoms with Gasteiger partial charge in [-0.1, -0.05) is 83.6 Å². The summed E-state index contributed by atoms with van der Waals surface area (Å²) in [5, 5.41) is 8.67. The van der Waals surface area contributed by atoms with Gasteiger partial charge >= 0.3 is 12.1 Å². The van der Waals surface area contributed by atoms with Gasteiger partial charge in [-0.15, -0.1) is 5.54 Å². The van der Waals surface area contributed by atoms with Gasteiger partial charge in [0.2, 0.25) is 5.91 Å². The smallest absolute Gasteiger partial charge is 0.408 e. The van der Waals surface area contributed by atoms with E-state index < -0.39 is 43.7 Å². The molecule has 0 aromatic heterocycles. The maximum Gasteiger partial charge on any atom is 0.408 e. The van der Waals surface area contributed by atoms with Crippen LogP contribution in [0.5, 0.6) is 0 Å². The second-order valence-electron chi connectivity index (χ2n) is 11.4. The van der Waals surface area contributed by atoms with Crippen molar-refractivity contribution in [2.75, 3.05) is 12.9 Å². The SMILES string of the molecule is COC(=O)C(CSC#C[Si](C(C)C)(C(C)C)C(C)C)NC(=O)C(Cc1ccccc1)NC(=O)OC(C)(C)C.